The van der Waals surface area contributed by atoms with E-state index in [1.54, 1.807) is 36.4 Å². The number of carbonyl (C=O) groups is 2. The smallest absolute Gasteiger partial charge is 0.338 e. The van der Waals surface area contributed by atoms with Gasteiger partial charge in [-0.15, -0.1) is 0 Å². The summed E-state index contributed by atoms with van der Waals surface area (Å²) in [5.74, 6) is 0.386. The third kappa shape index (κ3) is 7.30. The largest absolute Gasteiger partial charge is 0.462 e. The van der Waals surface area contributed by atoms with Crippen molar-refractivity contribution in [3.8, 4) is 11.3 Å². The second-order valence-corrected chi connectivity index (χ2v) is 8.32. The van der Waals surface area contributed by atoms with E-state index >= 15 is 0 Å². The Hall–Kier alpha value is -3.42. The van der Waals surface area contributed by atoms with Gasteiger partial charge in [-0.2, -0.15) is 0 Å². The molecule has 1 amide bonds. The zero-order valence-electron chi connectivity index (χ0n) is 18.9. The van der Waals surface area contributed by atoms with Gasteiger partial charge in [0.1, 0.15) is 11.5 Å². The van der Waals surface area contributed by atoms with Crippen LogP contribution in [0.3, 0.4) is 0 Å². The molecule has 2 N–H and O–H groups in total. The SMILES string of the molecule is CCCCOC(=O)c1ccc(NC(=S)NC(=O)/C=C/c2ccc(-c3ccc(C)c(Cl)c3)o2)cc1. The number of halogens is 1. The van der Waals surface area contributed by atoms with E-state index in [1.165, 1.54) is 6.08 Å². The highest BCUT2D eigenvalue weighted by molar-refractivity contribution is 7.80. The number of unbranched alkanes of at least 4 members (excludes halogenated alkanes) is 1. The number of nitrogens with one attached hydrogen (secondary N) is 2. The van der Waals surface area contributed by atoms with Gasteiger partial charge in [-0.1, -0.05) is 37.1 Å². The molecule has 6 nitrogen and oxygen atoms in total. The first-order valence-electron chi connectivity index (χ1n) is 10.8. The summed E-state index contributed by atoms with van der Waals surface area (Å²) in [5.41, 5.74) is 2.92. The summed E-state index contributed by atoms with van der Waals surface area (Å²) in [4.78, 5) is 24.2. The molecule has 0 radical (unpaired) electrons. The first kappa shape index (κ1) is 25.2. The number of anilines is 1. The Morgan fingerprint density at radius 1 is 1.12 bits per heavy atom. The third-order valence-electron chi connectivity index (χ3n) is 4.83. The first-order valence-corrected chi connectivity index (χ1v) is 11.6. The normalized spacial score (nSPS) is 10.8. The van der Waals surface area contributed by atoms with Gasteiger partial charge >= 0.3 is 5.97 Å². The monoisotopic (exact) mass is 496 g/mol. The summed E-state index contributed by atoms with van der Waals surface area (Å²) in [6.07, 6.45) is 4.67. The molecule has 2 aromatic carbocycles. The summed E-state index contributed by atoms with van der Waals surface area (Å²) in [6.45, 7) is 4.36. The number of esters is 1. The molecule has 0 bridgehead atoms. The zero-order valence-corrected chi connectivity index (χ0v) is 20.5. The van der Waals surface area contributed by atoms with Gasteiger partial charge in [0.05, 0.1) is 12.2 Å². The lowest BCUT2D eigenvalue weighted by Gasteiger charge is -2.09. The maximum absolute atomic E-state index is 12.2. The molecule has 0 atom stereocenters. The average molecular weight is 497 g/mol. The minimum Gasteiger partial charge on any atom is -0.462 e. The highest BCUT2D eigenvalue weighted by atomic mass is 35.5. The predicted molar refractivity (Wildman–Crippen MR) is 139 cm³/mol. The van der Waals surface area contributed by atoms with E-state index < -0.39 is 5.91 Å². The Balaban J connectivity index is 1.50. The lowest BCUT2D eigenvalue weighted by Crippen LogP contribution is -2.32. The fourth-order valence-corrected chi connectivity index (χ4v) is 3.30. The third-order valence-corrected chi connectivity index (χ3v) is 5.44. The van der Waals surface area contributed by atoms with Crippen molar-refractivity contribution in [1.29, 1.82) is 0 Å². The number of benzene rings is 2. The number of rotatable bonds is 8. The summed E-state index contributed by atoms with van der Waals surface area (Å²) in [5, 5.41) is 6.26. The second kappa shape index (κ2) is 12.2. The van der Waals surface area contributed by atoms with Crippen molar-refractivity contribution < 1.29 is 18.7 Å². The Kier molecular flexibility index (Phi) is 9.01. The summed E-state index contributed by atoms with van der Waals surface area (Å²) >= 11 is 11.4. The Labute approximate surface area is 208 Å². The molecular formula is C26H25ClN2O4S. The molecule has 0 fully saturated rings. The van der Waals surface area contributed by atoms with E-state index in [9.17, 15) is 9.59 Å². The molecule has 176 valence electrons. The number of furan rings is 1. The highest BCUT2D eigenvalue weighted by Gasteiger charge is 2.08. The average Bonchev–Trinajstić information content (AvgIpc) is 3.29. The van der Waals surface area contributed by atoms with Gasteiger partial charge in [-0.3, -0.25) is 10.1 Å². The van der Waals surface area contributed by atoms with Crippen LogP contribution in [0.25, 0.3) is 17.4 Å². The van der Waals surface area contributed by atoms with E-state index in [0.717, 1.165) is 24.0 Å². The van der Waals surface area contributed by atoms with Crippen LogP contribution in [0.2, 0.25) is 5.02 Å². The number of amides is 1. The Morgan fingerprint density at radius 3 is 2.59 bits per heavy atom. The molecule has 0 spiro atoms. The van der Waals surface area contributed by atoms with Crippen molar-refractivity contribution >= 4 is 52.6 Å². The molecular weight excluding hydrogens is 472 g/mol. The molecule has 0 saturated heterocycles. The fourth-order valence-electron chi connectivity index (χ4n) is 2.90. The van der Waals surface area contributed by atoms with Gasteiger partial charge in [0.25, 0.3) is 0 Å². The van der Waals surface area contributed by atoms with Crippen LogP contribution in [0.1, 0.15) is 41.4 Å². The van der Waals surface area contributed by atoms with Crippen LogP contribution in [0.5, 0.6) is 0 Å². The lowest BCUT2D eigenvalue weighted by molar-refractivity contribution is -0.115. The molecule has 1 aromatic heterocycles. The second-order valence-electron chi connectivity index (χ2n) is 7.51. The molecule has 0 aliphatic heterocycles. The maximum Gasteiger partial charge on any atom is 0.338 e. The van der Waals surface area contributed by atoms with Crippen LogP contribution >= 0.6 is 23.8 Å². The molecule has 8 heteroatoms. The van der Waals surface area contributed by atoms with Crippen molar-refractivity contribution in [2.24, 2.45) is 0 Å². The molecule has 0 unspecified atom stereocenters. The Bertz CT molecular complexity index is 1200. The molecule has 3 aromatic rings. The standard InChI is InChI=1S/C26H25ClN2O4S/c1-3-4-15-32-25(31)18-7-9-20(10-8-18)28-26(34)29-24(30)14-12-21-11-13-23(33-21)19-6-5-17(2)22(27)16-19/h5-14,16H,3-4,15H2,1-2H3,(H2,28,29,30,34)/b14-12+. The van der Waals surface area contributed by atoms with Gasteiger partial charge in [0.2, 0.25) is 5.91 Å². The molecule has 3 rings (SSSR count). The first-order chi connectivity index (χ1) is 16.4. The van der Waals surface area contributed by atoms with Crippen molar-refractivity contribution in [3.63, 3.8) is 0 Å². The van der Waals surface area contributed by atoms with Crippen molar-refractivity contribution in [3.05, 3.63) is 82.6 Å². The van der Waals surface area contributed by atoms with Gasteiger partial charge in [-0.25, -0.2) is 4.79 Å². The lowest BCUT2D eigenvalue weighted by atomic mass is 10.1. The summed E-state index contributed by atoms with van der Waals surface area (Å²) < 4.78 is 10.9. The topological polar surface area (TPSA) is 80.6 Å². The summed E-state index contributed by atoms with van der Waals surface area (Å²) in [7, 11) is 0. The number of aryl methyl sites for hydroxylation is 1. The fraction of sp³-hybridized carbons (Fsp3) is 0.192. The Morgan fingerprint density at radius 2 is 1.88 bits per heavy atom. The van der Waals surface area contributed by atoms with Crippen LogP contribution in [0, 0.1) is 6.92 Å². The van der Waals surface area contributed by atoms with E-state index in [0.29, 0.717) is 34.4 Å². The molecule has 0 aliphatic carbocycles. The van der Waals surface area contributed by atoms with Gasteiger partial charge < -0.3 is 14.5 Å². The predicted octanol–water partition coefficient (Wildman–Crippen LogP) is 6.39. The number of ether oxygens (including phenoxy) is 1. The number of thiocarbonyl (C=S) groups is 1. The van der Waals surface area contributed by atoms with E-state index in [-0.39, 0.29) is 11.1 Å². The molecule has 0 aliphatic rings. The van der Waals surface area contributed by atoms with Crippen molar-refractivity contribution in [2.75, 3.05) is 11.9 Å². The minimum absolute atomic E-state index is 0.127. The molecule has 0 saturated carbocycles. The van der Waals surface area contributed by atoms with Crippen molar-refractivity contribution in [1.82, 2.24) is 5.32 Å². The minimum atomic E-state index is -0.412. The van der Waals surface area contributed by atoms with Gasteiger partial charge in [0.15, 0.2) is 5.11 Å². The maximum atomic E-state index is 12.2. The van der Waals surface area contributed by atoms with Crippen LogP contribution in [-0.4, -0.2) is 23.6 Å². The van der Waals surface area contributed by atoms with Crippen molar-refractivity contribution in [2.45, 2.75) is 26.7 Å². The number of hydrogen-bond donors (Lipinski definition) is 2. The van der Waals surface area contributed by atoms with E-state index in [2.05, 4.69) is 10.6 Å². The summed E-state index contributed by atoms with van der Waals surface area (Å²) in [6, 6.07) is 15.9. The number of hydrogen-bond acceptors (Lipinski definition) is 5. The van der Waals surface area contributed by atoms with Crippen LogP contribution in [0.4, 0.5) is 5.69 Å². The van der Waals surface area contributed by atoms with Gasteiger partial charge in [-0.05, 0) is 79.7 Å². The van der Waals surface area contributed by atoms with Gasteiger partial charge in [0, 0.05) is 22.3 Å². The number of carbonyl (C=O) groups excluding carboxylic acids is 2. The zero-order chi connectivity index (χ0) is 24.5. The van der Waals surface area contributed by atoms with Crippen LogP contribution < -0.4 is 10.6 Å². The van der Waals surface area contributed by atoms with Crippen LogP contribution in [0.15, 0.2) is 65.1 Å². The van der Waals surface area contributed by atoms with Crippen LogP contribution in [-0.2, 0) is 9.53 Å². The molecule has 34 heavy (non-hydrogen) atoms. The molecule has 1 heterocycles. The van der Waals surface area contributed by atoms with E-state index in [1.807, 2.05) is 38.1 Å². The highest BCUT2D eigenvalue weighted by Crippen LogP contribution is 2.27. The van der Waals surface area contributed by atoms with E-state index in [4.69, 9.17) is 33.0 Å². The quantitative estimate of drug-likeness (QED) is 0.163.